The van der Waals surface area contributed by atoms with E-state index in [2.05, 4.69) is 5.32 Å². The summed E-state index contributed by atoms with van der Waals surface area (Å²) in [5, 5.41) is 3.79. The summed E-state index contributed by atoms with van der Waals surface area (Å²) in [6.45, 7) is 0. The smallest absolute Gasteiger partial charge is 0.152 e. The average molecular weight is 246 g/mol. The molecule has 4 heteroatoms. The molecular weight excluding hydrogens is 238 g/mol. The molecule has 1 heterocycles. The van der Waals surface area contributed by atoms with Crippen LogP contribution < -0.4 is 10.1 Å². The monoisotopic (exact) mass is 245 g/mol. The summed E-state index contributed by atoms with van der Waals surface area (Å²) >= 11 is 6.07. The Kier molecular flexibility index (Phi) is 2.27. The number of aldehydes is 1. The maximum atomic E-state index is 10.7. The van der Waals surface area contributed by atoms with Gasteiger partial charge in [0.2, 0.25) is 0 Å². The largest absolute Gasteiger partial charge is 0.453 e. The van der Waals surface area contributed by atoms with Crippen molar-refractivity contribution in [2.24, 2.45) is 0 Å². The van der Waals surface area contributed by atoms with Gasteiger partial charge in [0.25, 0.3) is 0 Å². The van der Waals surface area contributed by atoms with Crippen molar-refractivity contribution in [2.75, 3.05) is 5.32 Å². The van der Waals surface area contributed by atoms with Crippen molar-refractivity contribution < 1.29 is 9.53 Å². The molecule has 17 heavy (non-hydrogen) atoms. The summed E-state index contributed by atoms with van der Waals surface area (Å²) < 4.78 is 5.69. The second-order valence-corrected chi connectivity index (χ2v) is 4.12. The number of benzene rings is 2. The van der Waals surface area contributed by atoms with Crippen molar-refractivity contribution in [2.45, 2.75) is 0 Å². The normalized spacial score (nSPS) is 11.8. The summed E-state index contributed by atoms with van der Waals surface area (Å²) in [7, 11) is 0. The van der Waals surface area contributed by atoms with Crippen LogP contribution in [0.2, 0.25) is 5.02 Å². The Morgan fingerprint density at radius 1 is 1.18 bits per heavy atom. The second-order valence-electron chi connectivity index (χ2n) is 3.71. The van der Waals surface area contributed by atoms with E-state index in [1.807, 2.05) is 12.1 Å². The molecule has 0 aliphatic carbocycles. The quantitative estimate of drug-likeness (QED) is 0.659. The number of carbonyl (C=O) groups excluding carboxylic acids is 1. The van der Waals surface area contributed by atoms with Crippen molar-refractivity contribution in [1.29, 1.82) is 0 Å². The van der Waals surface area contributed by atoms with Crippen LogP contribution in [0.1, 0.15) is 10.4 Å². The van der Waals surface area contributed by atoms with Crippen LogP contribution in [-0.4, -0.2) is 6.29 Å². The molecule has 0 spiro atoms. The lowest BCUT2D eigenvalue weighted by Gasteiger charge is -2.22. The summed E-state index contributed by atoms with van der Waals surface area (Å²) in [6.07, 6.45) is 0.789. The molecule has 3 rings (SSSR count). The third-order valence-corrected chi connectivity index (χ3v) is 2.91. The van der Waals surface area contributed by atoms with E-state index in [-0.39, 0.29) is 0 Å². The molecule has 0 fully saturated rings. The predicted octanol–water partition coefficient (Wildman–Crippen LogP) is 4.00. The van der Waals surface area contributed by atoms with Gasteiger partial charge in [-0.05, 0) is 30.3 Å². The second kappa shape index (κ2) is 3.79. The molecule has 84 valence electrons. The van der Waals surface area contributed by atoms with Crippen molar-refractivity contribution >= 4 is 29.3 Å². The molecule has 1 aliphatic heterocycles. The number of ether oxygens (including phenoxy) is 1. The van der Waals surface area contributed by atoms with Crippen molar-refractivity contribution in [3.05, 3.63) is 47.0 Å². The Hall–Kier alpha value is -2.00. The van der Waals surface area contributed by atoms with E-state index in [1.165, 1.54) is 0 Å². The summed E-state index contributed by atoms with van der Waals surface area (Å²) in [6, 6.07) is 10.7. The molecule has 1 N–H and O–H groups in total. The van der Waals surface area contributed by atoms with Crippen LogP contribution in [-0.2, 0) is 0 Å². The SMILES string of the molecule is O=Cc1ccc2c(c1)Oc1cccc(Cl)c1N2. The molecule has 0 saturated heterocycles. The van der Waals surface area contributed by atoms with Crippen LogP contribution in [0, 0.1) is 0 Å². The van der Waals surface area contributed by atoms with E-state index in [9.17, 15) is 4.79 Å². The van der Waals surface area contributed by atoms with Gasteiger partial charge in [-0.2, -0.15) is 0 Å². The highest BCUT2D eigenvalue weighted by Gasteiger charge is 2.18. The molecule has 1 aliphatic rings. The van der Waals surface area contributed by atoms with E-state index >= 15 is 0 Å². The fourth-order valence-electron chi connectivity index (χ4n) is 1.76. The van der Waals surface area contributed by atoms with E-state index in [4.69, 9.17) is 16.3 Å². The number of carbonyl (C=O) groups is 1. The number of hydrogen-bond donors (Lipinski definition) is 1. The molecule has 0 saturated carbocycles. The van der Waals surface area contributed by atoms with Crippen molar-refractivity contribution in [1.82, 2.24) is 0 Å². The Balaban J connectivity index is 2.10. The van der Waals surface area contributed by atoms with E-state index in [0.29, 0.717) is 22.1 Å². The van der Waals surface area contributed by atoms with Gasteiger partial charge in [-0.1, -0.05) is 17.7 Å². The summed E-state index contributed by atoms with van der Waals surface area (Å²) in [5.74, 6) is 1.29. The van der Waals surface area contributed by atoms with Gasteiger partial charge in [0.1, 0.15) is 12.0 Å². The lowest BCUT2D eigenvalue weighted by Crippen LogP contribution is -2.03. The fraction of sp³-hybridized carbons (Fsp3) is 0. The van der Waals surface area contributed by atoms with Gasteiger partial charge in [0, 0.05) is 5.56 Å². The summed E-state index contributed by atoms with van der Waals surface area (Å²) in [4.78, 5) is 10.7. The Morgan fingerprint density at radius 2 is 2.06 bits per heavy atom. The van der Waals surface area contributed by atoms with Crippen LogP contribution in [0.5, 0.6) is 11.5 Å². The van der Waals surface area contributed by atoms with Gasteiger partial charge in [-0.15, -0.1) is 0 Å². The van der Waals surface area contributed by atoms with Gasteiger partial charge < -0.3 is 10.1 Å². The number of para-hydroxylation sites is 1. The standard InChI is InChI=1S/C13H8ClNO2/c14-9-2-1-3-11-13(9)15-10-5-4-8(7-16)6-12(10)17-11/h1-7,15H. The van der Waals surface area contributed by atoms with Crippen LogP contribution >= 0.6 is 11.6 Å². The maximum Gasteiger partial charge on any atom is 0.152 e. The predicted molar refractivity (Wildman–Crippen MR) is 66.6 cm³/mol. The zero-order valence-electron chi connectivity index (χ0n) is 8.74. The molecule has 0 atom stereocenters. The average Bonchev–Trinajstić information content (AvgIpc) is 2.36. The Labute approximate surface area is 103 Å². The first kappa shape index (κ1) is 10.2. The minimum Gasteiger partial charge on any atom is -0.453 e. The molecule has 0 bridgehead atoms. The van der Waals surface area contributed by atoms with Crippen molar-refractivity contribution in [3.8, 4) is 11.5 Å². The zero-order valence-corrected chi connectivity index (χ0v) is 9.49. The minimum absolute atomic E-state index is 0.580. The Bertz CT molecular complexity index is 610. The molecule has 0 unspecified atom stereocenters. The van der Waals surface area contributed by atoms with Gasteiger partial charge in [-0.3, -0.25) is 4.79 Å². The number of rotatable bonds is 1. The van der Waals surface area contributed by atoms with E-state index < -0.39 is 0 Å². The molecule has 2 aromatic rings. The van der Waals surface area contributed by atoms with Crippen LogP contribution in [0.4, 0.5) is 11.4 Å². The molecule has 0 amide bonds. The number of nitrogens with one attached hydrogen (secondary N) is 1. The number of fused-ring (bicyclic) bond motifs is 2. The highest BCUT2D eigenvalue weighted by molar-refractivity contribution is 6.33. The molecule has 0 radical (unpaired) electrons. The van der Waals surface area contributed by atoms with Gasteiger partial charge in [0.05, 0.1) is 10.7 Å². The topological polar surface area (TPSA) is 38.3 Å². The van der Waals surface area contributed by atoms with Crippen LogP contribution in [0.15, 0.2) is 36.4 Å². The molecular formula is C13H8ClNO2. The van der Waals surface area contributed by atoms with Crippen LogP contribution in [0.25, 0.3) is 0 Å². The third kappa shape index (κ3) is 1.65. The highest BCUT2D eigenvalue weighted by Crippen LogP contribution is 2.45. The van der Waals surface area contributed by atoms with E-state index in [0.717, 1.165) is 17.7 Å². The van der Waals surface area contributed by atoms with Crippen LogP contribution in [0.3, 0.4) is 0 Å². The maximum absolute atomic E-state index is 10.7. The molecule has 2 aromatic carbocycles. The Morgan fingerprint density at radius 3 is 2.88 bits per heavy atom. The number of hydrogen-bond acceptors (Lipinski definition) is 3. The first-order chi connectivity index (χ1) is 8.28. The van der Waals surface area contributed by atoms with Gasteiger partial charge in [0.15, 0.2) is 11.5 Å². The molecule has 3 nitrogen and oxygen atoms in total. The first-order valence-corrected chi connectivity index (χ1v) is 5.48. The van der Waals surface area contributed by atoms with E-state index in [1.54, 1.807) is 24.3 Å². The minimum atomic E-state index is 0.580. The van der Waals surface area contributed by atoms with Gasteiger partial charge >= 0.3 is 0 Å². The zero-order chi connectivity index (χ0) is 11.8. The lowest BCUT2D eigenvalue weighted by molar-refractivity contribution is 0.112. The lowest BCUT2D eigenvalue weighted by atomic mass is 10.1. The highest BCUT2D eigenvalue weighted by atomic mass is 35.5. The number of halogens is 1. The molecule has 0 aromatic heterocycles. The first-order valence-electron chi connectivity index (χ1n) is 5.10. The fourth-order valence-corrected chi connectivity index (χ4v) is 1.98. The number of anilines is 2. The van der Waals surface area contributed by atoms with Gasteiger partial charge in [-0.25, -0.2) is 0 Å². The van der Waals surface area contributed by atoms with Crippen molar-refractivity contribution in [3.63, 3.8) is 0 Å². The third-order valence-electron chi connectivity index (χ3n) is 2.60. The summed E-state index contributed by atoms with van der Waals surface area (Å²) in [5.41, 5.74) is 2.13.